The van der Waals surface area contributed by atoms with E-state index in [-0.39, 0.29) is 11.3 Å². The number of ketones is 1. The van der Waals surface area contributed by atoms with Crippen LogP contribution in [0.25, 0.3) is 16.0 Å². The molecule has 0 saturated carbocycles. The van der Waals surface area contributed by atoms with Crippen LogP contribution in [0.5, 0.6) is 0 Å². The Morgan fingerprint density at radius 1 is 1.03 bits per heavy atom. The van der Waals surface area contributed by atoms with Crippen molar-refractivity contribution in [3.05, 3.63) is 99.0 Å². The Labute approximate surface area is 203 Å². The summed E-state index contributed by atoms with van der Waals surface area (Å²) < 4.78 is 1.75. The molecule has 3 aromatic carbocycles. The first-order valence-electron chi connectivity index (χ1n) is 10.3. The van der Waals surface area contributed by atoms with Gasteiger partial charge in [-0.05, 0) is 48.7 Å². The van der Waals surface area contributed by atoms with Gasteiger partial charge in [0.1, 0.15) is 5.76 Å². The van der Waals surface area contributed by atoms with Gasteiger partial charge >= 0.3 is 5.91 Å². The van der Waals surface area contributed by atoms with Gasteiger partial charge in [-0.3, -0.25) is 14.5 Å². The molecule has 0 spiro atoms. The third kappa shape index (κ3) is 3.67. The maximum Gasteiger partial charge on any atom is 0.301 e. The SMILES string of the molecule is Cc1cc(C)c2nc(N3C(=O)C(=O)/C(=C(/O)c4ccccc4)[C@H]3c3cccc(Br)c3)sc2c1. The molecule has 1 fully saturated rings. The summed E-state index contributed by atoms with van der Waals surface area (Å²) in [6.07, 6.45) is 0. The zero-order valence-electron chi connectivity index (χ0n) is 17.9. The molecule has 5 nitrogen and oxygen atoms in total. The van der Waals surface area contributed by atoms with Crippen molar-refractivity contribution >= 4 is 60.1 Å². The van der Waals surface area contributed by atoms with Crippen LogP contribution in [0, 0.1) is 13.8 Å². The van der Waals surface area contributed by atoms with E-state index in [1.54, 1.807) is 24.3 Å². The number of carbonyl (C=O) groups is 2. The number of benzene rings is 3. The van der Waals surface area contributed by atoms with E-state index in [4.69, 9.17) is 4.98 Å². The van der Waals surface area contributed by atoms with E-state index in [1.165, 1.54) is 16.2 Å². The minimum absolute atomic E-state index is 0.0523. The van der Waals surface area contributed by atoms with E-state index in [0.29, 0.717) is 16.3 Å². The van der Waals surface area contributed by atoms with Gasteiger partial charge in [-0.25, -0.2) is 4.98 Å². The summed E-state index contributed by atoms with van der Waals surface area (Å²) in [5.74, 6) is -1.63. The Kier molecular flexibility index (Phi) is 5.38. The van der Waals surface area contributed by atoms with Crippen molar-refractivity contribution in [1.82, 2.24) is 4.98 Å². The quantitative estimate of drug-likeness (QED) is 0.196. The Bertz CT molecular complexity index is 1460. The molecule has 1 atom stereocenters. The lowest BCUT2D eigenvalue weighted by molar-refractivity contribution is -0.132. The van der Waals surface area contributed by atoms with Crippen molar-refractivity contribution in [3.8, 4) is 0 Å². The number of rotatable bonds is 3. The molecule has 2 heterocycles. The molecule has 0 radical (unpaired) electrons. The van der Waals surface area contributed by atoms with Gasteiger partial charge in [0.2, 0.25) is 0 Å². The Balaban J connectivity index is 1.76. The number of anilines is 1. The van der Waals surface area contributed by atoms with E-state index in [2.05, 4.69) is 15.9 Å². The first kappa shape index (κ1) is 21.6. The monoisotopic (exact) mass is 518 g/mol. The molecular weight excluding hydrogens is 500 g/mol. The van der Waals surface area contributed by atoms with Gasteiger partial charge in [0.05, 0.1) is 21.8 Å². The second-order valence-corrected chi connectivity index (χ2v) is 9.94. The fraction of sp³-hybridized carbons (Fsp3) is 0.115. The van der Waals surface area contributed by atoms with Gasteiger partial charge < -0.3 is 5.11 Å². The van der Waals surface area contributed by atoms with Crippen molar-refractivity contribution in [3.63, 3.8) is 0 Å². The van der Waals surface area contributed by atoms with Crippen LogP contribution in [0.15, 0.2) is 76.8 Å². The lowest BCUT2D eigenvalue weighted by Gasteiger charge is -2.23. The lowest BCUT2D eigenvalue weighted by Crippen LogP contribution is -2.29. The van der Waals surface area contributed by atoms with Gasteiger partial charge in [-0.1, -0.05) is 75.8 Å². The van der Waals surface area contributed by atoms with E-state index in [1.807, 2.05) is 56.3 Å². The number of amides is 1. The van der Waals surface area contributed by atoms with Crippen LogP contribution >= 0.6 is 27.3 Å². The highest BCUT2D eigenvalue weighted by Gasteiger charge is 2.48. The van der Waals surface area contributed by atoms with Gasteiger partial charge in [0.25, 0.3) is 5.78 Å². The molecule has 164 valence electrons. The van der Waals surface area contributed by atoms with Gasteiger partial charge in [-0.2, -0.15) is 0 Å². The minimum atomic E-state index is -0.801. The molecule has 1 saturated heterocycles. The first-order chi connectivity index (χ1) is 15.8. The maximum atomic E-state index is 13.3. The van der Waals surface area contributed by atoms with Crippen molar-refractivity contribution in [2.45, 2.75) is 19.9 Å². The molecule has 0 bridgehead atoms. The van der Waals surface area contributed by atoms with Gasteiger partial charge in [0.15, 0.2) is 5.13 Å². The maximum absolute atomic E-state index is 13.3. The first-order valence-corrected chi connectivity index (χ1v) is 12.0. The van der Waals surface area contributed by atoms with Crippen molar-refractivity contribution < 1.29 is 14.7 Å². The highest BCUT2D eigenvalue weighted by atomic mass is 79.9. The molecule has 4 aromatic rings. The van der Waals surface area contributed by atoms with Crippen molar-refractivity contribution in [1.29, 1.82) is 0 Å². The second kappa shape index (κ2) is 8.24. The summed E-state index contributed by atoms with van der Waals surface area (Å²) in [6, 6.07) is 19.5. The standard InChI is InChI=1S/C26H19BrN2O3S/c1-14-11-15(2)21-19(12-14)33-26(28-21)29-22(17-9-6-10-18(27)13-17)20(24(31)25(29)32)23(30)16-7-4-3-5-8-16/h3-13,22,30H,1-2H3/b23-20+/t22-/m1/s1. The summed E-state index contributed by atoms with van der Waals surface area (Å²) in [7, 11) is 0. The van der Waals surface area contributed by atoms with Crippen LogP contribution in [0.4, 0.5) is 5.13 Å². The molecule has 1 amide bonds. The number of nitrogens with zero attached hydrogens (tertiary/aromatic N) is 2. The van der Waals surface area contributed by atoms with E-state index < -0.39 is 17.7 Å². The number of Topliss-reactive ketones (excluding diaryl/α,β-unsaturated/α-hetero) is 1. The number of halogens is 1. The van der Waals surface area contributed by atoms with Crippen LogP contribution in [-0.2, 0) is 9.59 Å². The molecule has 0 aliphatic carbocycles. The summed E-state index contributed by atoms with van der Waals surface area (Å²) in [4.78, 5) is 32.8. The largest absolute Gasteiger partial charge is 0.507 e. The Hall–Kier alpha value is -3.29. The molecule has 33 heavy (non-hydrogen) atoms. The van der Waals surface area contributed by atoms with Crippen LogP contribution in [0.3, 0.4) is 0 Å². The summed E-state index contributed by atoms with van der Waals surface area (Å²) in [5, 5.41) is 11.6. The van der Waals surface area contributed by atoms with Crippen LogP contribution in [-0.4, -0.2) is 21.8 Å². The number of fused-ring (bicyclic) bond motifs is 1. The molecule has 5 rings (SSSR count). The molecule has 0 unspecified atom stereocenters. The molecular formula is C26H19BrN2O3S. The van der Waals surface area contributed by atoms with Crippen molar-refractivity contribution in [2.75, 3.05) is 4.90 Å². The van der Waals surface area contributed by atoms with Crippen LogP contribution in [0.2, 0.25) is 0 Å². The predicted octanol–water partition coefficient (Wildman–Crippen LogP) is 6.30. The third-order valence-corrected chi connectivity index (χ3v) is 7.18. The minimum Gasteiger partial charge on any atom is -0.507 e. The number of thiazole rings is 1. The number of hydrogen-bond acceptors (Lipinski definition) is 5. The molecule has 7 heteroatoms. The topological polar surface area (TPSA) is 70.5 Å². The van der Waals surface area contributed by atoms with E-state index in [0.717, 1.165) is 25.8 Å². The summed E-state index contributed by atoms with van der Waals surface area (Å²) in [6.45, 7) is 3.99. The third-order valence-electron chi connectivity index (χ3n) is 5.68. The number of aliphatic hydroxyl groups excluding tert-OH is 1. The second-order valence-electron chi connectivity index (χ2n) is 8.02. The van der Waals surface area contributed by atoms with Crippen LogP contribution in [0.1, 0.15) is 28.3 Å². The fourth-order valence-corrected chi connectivity index (χ4v) is 5.82. The average Bonchev–Trinajstić information content (AvgIpc) is 3.33. The number of aromatic nitrogens is 1. The summed E-state index contributed by atoms with van der Waals surface area (Å²) >= 11 is 4.85. The molecule has 1 aromatic heterocycles. The Morgan fingerprint density at radius 2 is 1.79 bits per heavy atom. The van der Waals surface area contributed by atoms with Gasteiger partial charge in [0, 0.05) is 10.0 Å². The zero-order valence-corrected chi connectivity index (χ0v) is 20.3. The van der Waals surface area contributed by atoms with Gasteiger partial charge in [-0.15, -0.1) is 0 Å². The van der Waals surface area contributed by atoms with Crippen LogP contribution < -0.4 is 4.90 Å². The molecule has 1 aliphatic heterocycles. The molecule has 1 aliphatic rings. The lowest BCUT2D eigenvalue weighted by atomic mass is 9.95. The summed E-state index contributed by atoms with van der Waals surface area (Å²) in [5.41, 5.74) is 4.15. The zero-order chi connectivity index (χ0) is 23.3. The number of carbonyl (C=O) groups excluding carboxylic acids is 2. The number of hydrogen-bond donors (Lipinski definition) is 1. The highest BCUT2D eigenvalue weighted by molar-refractivity contribution is 9.10. The molecule has 1 N–H and O–H groups in total. The highest BCUT2D eigenvalue weighted by Crippen LogP contribution is 2.45. The predicted molar refractivity (Wildman–Crippen MR) is 134 cm³/mol. The number of aliphatic hydroxyl groups is 1. The van der Waals surface area contributed by atoms with E-state index in [9.17, 15) is 14.7 Å². The smallest absolute Gasteiger partial charge is 0.301 e. The van der Waals surface area contributed by atoms with E-state index >= 15 is 0 Å². The fourth-order valence-electron chi connectivity index (χ4n) is 4.24. The number of aryl methyl sites for hydroxylation is 2. The van der Waals surface area contributed by atoms with Crippen molar-refractivity contribution in [2.24, 2.45) is 0 Å². The average molecular weight is 519 g/mol. The Morgan fingerprint density at radius 3 is 2.52 bits per heavy atom. The normalized spacial score (nSPS) is 17.8.